The lowest BCUT2D eigenvalue weighted by molar-refractivity contribution is -0.121. The van der Waals surface area contributed by atoms with Crippen LogP contribution in [0.25, 0.3) is 0 Å². The SMILES string of the molecule is CC(C)CNC(=O)CCc1nc(C(C)C)no1. The van der Waals surface area contributed by atoms with Gasteiger partial charge in [0.15, 0.2) is 5.82 Å². The number of nitrogens with one attached hydrogen (secondary N) is 1. The van der Waals surface area contributed by atoms with E-state index in [2.05, 4.69) is 29.3 Å². The van der Waals surface area contributed by atoms with E-state index in [9.17, 15) is 4.79 Å². The van der Waals surface area contributed by atoms with Crippen LogP contribution in [0, 0.1) is 5.92 Å². The molecule has 0 spiro atoms. The summed E-state index contributed by atoms with van der Waals surface area (Å²) in [6.45, 7) is 8.84. The van der Waals surface area contributed by atoms with Gasteiger partial charge >= 0.3 is 0 Å². The maximum atomic E-state index is 11.5. The normalized spacial score (nSPS) is 11.2. The van der Waals surface area contributed by atoms with Crippen molar-refractivity contribution in [2.24, 2.45) is 5.92 Å². The van der Waals surface area contributed by atoms with Crippen molar-refractivity contribution in [3.63, 3.8) is 0 Å². The molecule has 0 saturated heterocycles. The Labute approximate surface area is 102 Å². The molecule has 0 bridgehead atoms. The standard InChI is InChI=1S/C12H21N3O2/c1-8(2)7-13-10(16)5-6-11-14-12(9(3)4)15-17-11/h8-9H,5-7H2,1-4H3,(H,13,16). The molecule has 96 valence electrons. The van der Waals surface area contributed by atoms with E-state index in [1.54, 1.807) is 0 Å². The highest BCUT2D eigenvalue weighted by Crippen LogP contribution is 2.10. The average molecular weight is 239 g/mol. The Morgan fingerprint density at radius 2 is 2.06 bits per heavy atom. The van der Waals surface area contributed by atoms with Crippen molar-refractivity contribution in [1.82, 2.24) is 15.5 Å². The first kappa shape index (κ1) is 13.7. The molecule has 5 heteroatoms. The summed E-state index contributed by atoms with van der Waals surface area (Å²) in [4.78, 5) is 15.7. The number of aryl methyl sites for hydroxylation is 1. The summed E-state index contributed by atoms with van der Waals surface area (Å²) >= 11 is 0. The van der Waals surface area contributed by atoms with E-state index in [4.69, 9.17) is 4.52 Å². The fourth-order valence-electron chi connectivity index (χ4n) is 1.23. The van der Waals surface area contributed by atoms with Gasteiger partial charge in [-0.05, 0) is 5.92 Å². The summed E-state index contributed by atoms with van der Waals surface area (Å²) < 4.78 is 5.06. The molecule has 1 aromatic heterocycles. The predicted octanol–water partition coefficient (Wildman–Crippen LogP) is 1.90. The van der Waals surface area contributed by atoms with Crippen molar-refractivity contribution in [2.75, 3.05) is 6.54 Å². The van der Waals surface area contributed by atoms with Gasteiger partial charge in [-0.3, -0.25) is 4.79 Å². The summed E-state index contributed by atoms with van der Waals surface area (Å²) in [5, 5.41) is 6.70. The zero-order chi connectivity index (χ0) is 12.8. The average Bonchev–Trinajstić information content (AvgIpc) is 2.72. The second kappa shape index (κ2) is 6.37. The molecule has 0 aromatic carbocycles. The van der Waals surface area contributed by atoms with Crippen molar-refractivity contribution in [1.29, 1.82) is 0 Å². The number of amides is 1. The van der Waals surface area contributed by atoms with Gasteiger partial charge in [-0.15, -0.1) is 0 Å². The van der Waals surface area contributed by atoms with Crippen molar-refractivity contribution in [2.45, 2.75) is 46.5 Å². The molecule has 17 heavy (non-hydrogen) atoms. The maximum Gasteiger partial charge on any atom is 0.227 e. The summed E-state index contributed by atoms with van der Waals surface area (Å²) in [5.41, 5.74) is 0. The van der Waals surface area contributed by atoms with Crippen molar-refractivity contribution in [3.05, 3.63) is 11.7 Å². The molecular formula is C12H21N3O2. The second-order valence-corrected chi connectivity index (χ2v) is 4.90. The molecule has 1 heterocycles. The number of rotatable bonds is 6. The fraction of sp³-hybridized carbons (Fsp3) is 0.750. The molecule has 0 radical (unpaired) electrons. The fourth-order valence-corrected chi connectivity index (χ4v) is 1.23. The zero-order valence-corrected chi connectivity index (χ0v) is 11.0. The van der Waals surface area contributed by atoms with Gasteiger partial charge in [-0.25, -0.2) is 0 Å². The highest BCUT2D eigenvalue weighted by molar-refractivity contribution is 5.75. The van der Waals surface area contributed by atoms with Crippen LogP contribution in [0.5, 0.6) is 0 Å². The van der Waals surface area contributed by atoms with Crippen LogP contribution in [0.4, 0.5) is 0 Å². The van der Waals surface area contributed by atoms with E-state index in [1.165, 1.54) is 0 Å². The molecule has 1 rings (SSSR count). The minimum absolute atomic E-state index is 0.0306. The van der Waals surface area contributed by atoms with Gasteiger partial charge in [0.2, 0.25) is 11.8 Å². The van der Waals surface area contributed by atoms with Crippen LogP contribution in [0.2, 0.25) is 0 Å². The van der Waals surface area contributed by atoms with Gasteiger partial charge in [0.1, 0.15) is 0 Å². The highest BCUT2D eigenvalue weighted by Gasteiger charge is 2.11. The molecule has 1 aromatic rings. The molecule has 1 amide bonds. The lowest BCUT2D eigenvalue weighted by atomic mass is 10.2. The predicted molar refractivity (Wildman–Crippen MR) is 64.6 cm³/mol. The quantitative estimate of drug-likeness (QED) is 0.823. The van der Waals surface area contributed by atoms with Crippen LogP contribution in [-0.4, -0.2) is 22.6 Å². The Hall–Kier alpha value is -1.39. The van der Waals surface area contributed by atoms with Crippen LogP contribution >= 0.6 is 0 Å². The molecule has 0 fully saturated rings. The molecule has 0 atom stereocenters. The largest absolute Gasteiger partial charge is 0.356 e. The third-order valence-electron chi connectivity index (χ3n) is 2.27. The molecule has 0 aliphatic carbocycles. The van der Waals surface area contributed by atoms with E-state index in [-0.39, 0.29) is 11.8 Å². The van der Waals surface area contributed by atoms with Gasteiger partial charge in [0.25, 0.3) is 0 Å². The number of nitrogens with zero attached hydrogens (tertiary/aromatic N) is 2. The van der Waals surface area contributed by atoms with E-state index < -0.39 is 0 Å². The molecule has 0 aliphatic rings. The highest BCUT2D eigenvalue weighted by atomic mass is 16.5. The molecule has 0 unspecified atom stereocenters. The smallest absolute Gasteiger partial charge is 0.227 e. The summed E-state index contributed by atoms with van der Waals surface area (Å²) in [6.07, 6.45) is 0.899. The minimum Gasteiger partial charge on any atom is -0.356 e. The van der Waals surface area contributed by atoms with Gasteiger partial charge in [-0.1, -0.05) is 32.9 Å². The van der Waals surface area contributed by atoms with Gasteiger partial charge < -0.3 is 9.84 Å². The lowest BCUT2D eigenvalue weighted by Gasteiger charge is -2.06. The summed E-state index contributed by atoms with van der Waals surface area (Å²) in [7, 11) is 0. The summed E-state index contributed by atoms with van der Waals surface area (Å²) in [6, 6.07) is 0. The summed E-state index contributed by atoms with van der Waals surface area (Å²) in [5.74, 6) is 1.98. The van der Waals surface area contributed by atoms with Crippen LogP contribution in [-0.2, 0) is 11.2 Å². The Morgan fingerprint density at radius 1 is 1.35 bits per heavy atom. The number of carbonyl (C=O) groups is 1. The molecule has 0 saturated carbocycles. The van der Waals surface area contributed by atoms with Crippen molar-refractivity contribution < 1.29 is 9.32 Å². The van der Waals surface area contributed by atoms with Gasteiger partial charge in [-0.2, -0.15) is 4.98 Å². The number of hydrogen-bond acceptors (Lipinski definition) is 4. The third kappa shape index (κ3) is 4.97. The molecule has 0 aliphatic heterocycles. The first-order chi connectivity index (χ1) is 7.99. The zero-order valence-electron chi connectivity index (χ0n) is 11.0. The van der Waals surface area contributed by atoms with Crippen LogP contribution in [0.1, 0.15) is 51.7 Å². The van der Waals surface area contributed by atoms with Gasteiger partial charge in [0, 0.05) is 25.3 Å². The van der Waals surface area contributed by atoms with Crippen molar-refractivity contribution >= 4 is 5.91 Å². The Kier molecular flexibility index (Phi) is 5.12. The van der Waals surface area contributed by atoms with E-state index >= 15 is 0 Å². The molecule has 5 nitrogen and oxygen atoms in total. The third-order valence-corrected chi connectivity index (χ3v) is 2.27. The van der Waals surface area contributed by atoms with Crippen LogP contribution in [0.3, 0.4) is 0 Å². The Balaban J connectivity index is 2.32. The topological polar surface area (TPSA) is 68.0 Å². The monoisotopic (exact) mass is 239 g/mol. The van der Waals surface area contributed by atoms with E-state index in [1.807, 2.05) is 13.8 Å². The van der Waals surface area contributed by atoms with Crippen molar-refractivity contribution in [3.8, 4) is 0 Å². The van der Waals surface area contributed by atoms with Gasteiger partial charge in [0.05, 0.1) is 0 Å². The van der Waals surface area contributed by atoms with Crippen LogP contribution in [0.15, 0.2) is 4.52 Å². The number of hydrogen-bond donors (Lipinski definition) is 1. The molecule has 1 N–H and O–H groups in total. The van der Waals surface area contributed by atoms with Crippen LogP contribution < -0.4 is 5.32 Å². The van der Waals surface area contributed by atoms with E-state index in [0.29, 0.717) is 37.0 Å². The maximum absolute atomic E-state index is 11.5. The first-order valence-electron chi connectivity index (χ1n) is 6.08. The van der Waals surface area contributed by atoms with E-state index in [0.717, 1.165) is 0 Å². The number of carbonyl (C=O) groups excluding carboxylic acids is 1. The second-order valence-electron chi connectivity index (χ2n) is 4.90. The lowest BCUT2D eigenvalue weighted by Crippen LogP contribution is -2.27. The number of aromatic nitrogens is 2. The Bertz CT molecular complexity index is 358. The Morgan fingerprint density at radius 3 is 2.59 bits per heavy atom. The molecular weight excluding hydrogens is 218 g/mol. The minimum atomic E-state index is 0.0306. The first-order valence-corrected chi connectivity index (χ1v) is 6.08.